The molecule has 1 aromatic carbocycles. The summed E-state index contributed by atoms with van der Waals surface area (Å²) in [7, 11) is -3.37. The Kier molecular flexibility index (Phi) is 4.41. The zero-order valence-corrected chi connectivity index (χ0v) is 14.1. The summed E-state index contributed by atoms with van der Waals surface area (Å²) in [5.74, 6) is 1.35. The van der Waals surface area contributed by atoms with E-state index in [1.165, 1.54) is 4.31 Å². The van der Waals surface area contributed by atoms with Crippen LogP contribution in [0.3, 0.4) is 0 Å². The Bertz CT molecular complexity index is 755. The summed E-state index contributed by atoms with van der Waals surface area (Å²) in [6.45, 7) is 5.25. The van der Waals surface area contributed by atoms with Crippen LogP contribution in [0.2, 0.25) is 0 Å². The van der Waals surface area contributed by atoms with E-state index in [1.807, 2.05) is 13.8 Å². The van der Waals surface area contributed by atoms with Gasteiger partial charge in [-0.05, 0) is 51.0 Å². The van der Waals surface area contributed by atoms with Crippen molar-refractivity contribution in [1.82, 2.24) is 9.46 Å². The number of sulfonamides is 1. The van der Waals surface area contributed by atoms with E-state index in [2.05, 4.69) is 5.16 Å². The second-order valence-corrected chi connectivity index (χ2v) is 7.61. The second kappa shape index (κ2) is 6.33. The maximum absolute atomic E-state index is 12.4. The fourth-order valence-corrected chi connectivity index (χ4v) is 4.17. The zero-order valence-electron chi connectivity index (χ0n) is 13.3. The Balaban J connectivity index is 1.70. The van der Waals surface area contributed by atoms with Crippen molar-refractivity contribution in [2.75, 3.05) is 13.1 Å². The van der Waals surface area contributed by atoms with Crippen LogP contribution in [0.1, 0.15) is 29.9 Å². The van der Waals surface area contributed by atoms with Crippen molar-refractivity contribution in [1.29, 1.82) is 0 Å². The fraction of sp³-hybridized carbons (Fsp3) is 0.438. The van der Waals surface area contributed by atoms with Crippen molar-refractivity contribution in [3.05, 3.63) is 41.3 Å². The summed E-state index contributed by atoms with van der Waals surface area (Å²) in [4.78, 5) is 0.309. The molecule has 2 heterocycles. The molecule has 1 aliphatic heterocycles. The van der Waals surface area contributed by atoms with Crippen LogP contribution >= 0.6 is 0 Å². The summed E-state index contributed by atoms with van der Waals surface area (Å²) >= 11 is 0. The maximum atomic E-state index is 12.4. The largest absolute Gasteiger partial charge is 0.489 e. The predicted molar refractivity (Wildman–Crippen MR) is 84.7 cm³/mol. The lowest BCUT2D eigenvalue weighted by molar-refractivity contribution is 0.301. The average molecular weight is 336 g/mol. The molecular formula is C16H20N2O4S. The third kappa shape index (κ3) is 3.25. The van der Waals surface area contributed by atoms with Gasteiger partial charge in [0.2, 0.25) is 10.0 Å². The first kappa shape index (κ1) is 16.0. The number of aryl methyl sites for hydroxylation is 2. The lowest BCUT2D eigenvalue weighted by atomic mass is 10.2. The molecule has 0 radical (unpaired) electrons. The van der Waals surface area contributed by atoms with Gasteiger partial charge in [-0.2, -0.15) is 4.31 Å². The Morgan fingerprint density at radius 3 is 2.39 bits per heavy atom. The van der Waals surface area contributed by atoms with Crippen molar-refractivity contribution in [2.24, 2.45) is 0 Å². The standard InChI is InChI=1S/C16H20N2O4S/c1-12-16(13(2)22-17-12)11-21-14-5-7-15(8-6-14)23(19,20)18-9-3-4-10-18/h5-8H,3-4,9-11H2,1-2H3. The Morgan fingerprint density at radius 2 is 1.83 bits per heavy atom. The molecule has 0 unspecified atom stereocenters. The van der Waals surface area contributed by atoms with E-state index in [4.69, 9.17) is 9.26 Å². The Hall–Kier alpha value is -1.86. The van der Waals surface area contributed by atoms with Crippen LogP contribution in [0.4, 0.5) is 0 Å². The molecule has 1 saturated heterocycles. The van der Waals surface area contributed by atoms with Gasteiger partial charge in [-0.15, -0.1) is 0 Å². The first-order valence-corrected chi connectivity index (χ1v) is 9.07. The number of ether oxygens (including phenoxy) is 1. The number of hydrogen-bond donors (Lipinski definition) is 0. The quantitative estimate of drug-likeness (QED) is 0.839. The summed E-state index contributed by atoms with van der Waals surface area (Å²) < 4.78 is 37.2. The maximum Gasteiger partial charge on any atom is 0.243 e. The third-order valence-corrected chi connectivity index (χ3v) is 6.00. The minimum absolute atomic E-state index is 0.309. The number of benzene rings is 1. The highest BCUT2D eigenvalue weighted by atomic mass is 32.2. The second-order valence-electron chi connectivity index (χ2n) is 5.67. The topological polar surface area (TPSA) is 72.6 Å². The Morgan fingerprint density at radius 1 is 1.17 bits per heavy atom. The van der Waals surface area contributed by atoms with Crippen molar-refractivity contribution < 1.29 is 17.7 Å². The summed E-state index contributed by atoms with van der Waals surface area (Å²) in [5.41, 5.74) is 1.72. The molecule has 1 aliphatic rings. The zero-order chi connectivity index (χ0) is 16.4. The lowest BCUT2D eigenvalue weighted by Gasteiger charge is -2.15. The average Bonchev–Trinajstić information content (AvgIpc) is 3.18. The van der Waals surface area contributed by atoms with Gasteiger partial charge >= 0.3 is 0 Å². The first-order valence-electron chi connectivity index (χ1n) is 7.63. The van der Waals surface area contributed by atoms with E-state index in [1.54, 1.807) is 24.3 Å². The van der Waals surface area contributed by atoms with Crippen molar-refractivity contribution in [3.63, 3.8) is 0 Å². The van der Waals surface area contributed by atoms with Crippen LogP contribution in [0, 0.1) is 13.8 Å². The molecule has 0 saturated carbocycles. The molecule has 6 nitrogen and oxygen atoms in total. The van der Waals surface area contributed by atoms with Gasteiger partial charge in [-0.25, -0.2) is 8.42 Å². The summed E-state index contributed by atoms with van der Waals surface area (Å²) in [6.07, 6.45) is 1.86. The molecule has 0 N–H and O–H groups in total. The molecule has 1 fully saturated rings. The van der Waals surface area contributed by atoms with E-state index in [0.717, 1.165) is 29.9 Å². The highest BCUT2D eigenvalue weighted by Crippen LogP contribution is 2.23. The summed E-state index contributed by atoms with van der Waals surface area (Å²) in [5, 5.41) is 3.88. The fourth-order valence-electron chi connectivity index (χ4n) is 2.65. The van der Waals surface area contributed by atoms with Gasteiger partial charge in [0, 0.05) is 13.1 Å². The van der Waals surface area contributed by atoms with Gasteiger partial charge in [0.25, 0.3) is 0 Å². The van der Waals surface area contributed by atoms with Gasteiger partial charge in [0.05, 0.1) is 16.2 Å². The molecule has 23 heavy (non-hydrogen) atoms. The van der Waals surface area contributed by atoms with Crippen molar-refractivity contribution in [2.45, 2.75) is 38.2 Å². The molecule has 7 heteroatoms. The molecule has 2 aromatic rings. The van der Waals surface area contributed by atoms with Gasteiger partial charge in [-0.1, -0.05) is 5.16 Å². The van der Waals surface area contributed by atoms with Crippen LogP contribution in [-0.2, 0) is 16.6 Å². The smallest absolute Gasteiger partial charge is 0.243 e. The van der Waals surface area contributed by atoms with Crippen molar-refractivity contribution in [3.8, 4) is 5.75 Å². The normalized spacial score (nSPS) is 15.9. The molecular weight excluding hydrogens is 316 g/mol. The number of hydrogen-bond acceptors (Lipinski definition) is 5. The van der Waals surface area contributed by atoms with E-state index in [0.29, 0.717) is 30.3 Å². The molecule has 1 aromatic heterocycles. The van der Waals surface area contributed by atoms with Gasteiger partial charge in [0.15, 0.2) is 0 Å². The number of nitrogens with zero attached hydrogens (tertiary/aromatic N) is 2. The summed E-state index contributed by atoms with van der Waals surface area (Å²) in [6, 6.07) is 6.55. The third-order valence-electron chi connectivity index (χ3n) is 4.09. The van der Waals surface area contributed by atoms with Crippen LogP contribution < -0.4 is 4.74 Å². The van der Waals surface area contributed by atoms with Gasteiger partial charge in [-0.3, -0.25) is 0 Å². The van der Waals surface area contributed by atoms with Crippen LogP contribution in [0.15, 0.2) is 33.7 Å². The minimum atomic E-state index is -3.37. The number of aromatic nitrogens is 1. The van der Waals surface area contributed by atoms with E-state index >= 15 is 0 Å². The minimum Gasteiger partial charge on any atom is -0.489 e. The van der Waals surface area contributed by atoms with E-state index < -0.39 is 10.0 Å². The SMILES string of the molecule is Cc1noc(C)c1COc1ccc(S(=O)(=O)N2CCCC2)cc1. The molecule has 0 spiro atoms. The first-order chi connectivity index (χ1) is 11.0. The van der Waals surface area contributed by atoms with Gasteiger partial charge in [0.1, 0.15) is 18.1 Å². The van der Waals surface area contributed by atoms with E-state index in [9.17, 15) is 8.42 Å². The van der Waals surface area contributed by atoms with E-state index in [-0.39, 0.29) is 0 Å². The molecule has 0 bridgehead atoms. The highest BCUT2D eigenvalue weighted by molar-refractivity contribution is 7.89. The van der Waals surface area contributed by atoms with Crippen LogP contribution in [0.25, 0.3) is 0 Å². The van der Waals surface area contributed by atoms with Crippen LogP contribution in [-0.4, -0.2) is 31.0 Å². The number of rotatable bonds is 5. The molecule has 0 aliphatic carbocycles. The predicted octanol–water partition coefficient (Wildman–Crippen LogP) is 2.65. The lowest BCUT2D eigenvalue weighted by Crippen LogP contribution is -2.27. The highest BCUT2D eigenvalue weighted by Gasteiger charge is 2.26. The van der Waals surface area contributed by atoms with Crippen LogP contribution in [0.5, 0.6) is 5.75 Å². The van der Waals surface area contributed by atoms with Crippen molar-refractivity contribution >= 4 is 10.0 Å². The molecule has 124 valence electrons. The molecule has 3 rings (SSSR count). The van der Waals surface area contributed by atoms with Gasteiger partial charge < -0.3 is 9.26 Å². The Labute approximate surface area is 136 Å². The molecule has 0 atom stereocenters. The monoisotopic (exact) mass is 336 g/mol. The molecule has 0 amide bonds.